The first kappa shape index (κ1) is 13.9. The first-order chi connectivity index (χ1) is 9.10. The number of benzene rings is 2. The lowest BCUT2D eigenvalue weighted by molar-refractivity contribution is 0.625. The van der Waals surface area contributed by atoms with Gasteiger partial charge in [-0.05, 0) is 57.9 Å². The molecular formula is C14H9BrClFN2. The fraction of sp³-hybridized carbons (Fsp3) is 0.0714. The van der Waals surface area contributed by atoms with Gasteiger partial charge < -0.3 is 5.32 Å². The van der Waals surface area contributed by atoms with Gasteiger partial charge >= 0.3 is 0 Å². The zero-order valence-corrected chi connectivity index (χ0v) is 12.1. The Balaban J connectivity index is 2.21. The van der Waals surface area contributed by atoms with Gasteiger partial charge in [0.15, 0.2) is 0 Å². The summed E-state index contributed by atoms with van der Waals surface area (Å²) in [6.07, 6.45) is 0. The lowest BCUT2D eigenvalue weighted by Gasteiger charge is -2.10. The summed E-state index contributed by atoms with van der Waals surface area (Å²) in [5, 5.41) is 12.7. The highest BCUT2D eigenvalue weighted by molar-refractivity contribution is 9.10. The third kappa shape index (κ3) is 3.46. The van der Waals surface area contributed by atoms with Crippen molar-refractivity contribution in [1.29, 1.82) is 5.26 Å². The molecule has 96 valence electrons. The Labute approximate surface area is 123 Å². The second-order valence-electron chi connectivity index (χ2n) is 3.89. The van der Waals surface area contributed by atoms with Gasteiger partial charge in [-0.25, -0.2) is 4.39 Å². The van der Waals surface area contributed by atoms with Crippen LogP contribution >= 0.6 is 27.5 Å². The standard InChI is InChI=1S/C14H9BrClFN2/c15-13-4-2-11(16)6-14(13)19-8-10-5-12(17)3-1-9(10)7-18/h1-6,19H,8H2. The van der Waals surface area contributed by atoms with Crippen molar-refractivity contribution < 1.29 is 4.39 Å². The van der Waals surface area contributed by atoms with E-state index in [0.29, 0.717) is 22.7 Å². The van der Waals surface area contributed by atoms with Crippen LogP contribution in [0.1, 0.15) is 11.1 Å². The lowest BCUT2D eigenvalue weighted by Crippen LogP contribution is -2.02. The van der Waals surface area contributed by atoms with E-state index >= 15 is 0 Å². The highest BCUT2D eigenvalue weighted by Gasteiger charge is 2.05. The van der Waals surface area contributed by atoms with Crippen molar-refractivity contribution in [2.24, 2.45) is 0 Å². The number of anilines is 1. The predicted octanol–water partition coefficient (Wildman–Crippen LogP) is 4.73. The number of hydrogen-bond acceptors (Lipinski definition) is 2. The van der Waals surface area contributed by atoms with Crippen LogP contribution < -0.4 is 5.32 Å². The maximum Gasteiger partial charge on any atom is 0.123 e. The molecule has 5 heteroatoms. The number of nitriles is 1. The van der Waals surface area contributed by atoms with Gasteiger partial charge in [-0.1, -0.05) is 11.6 Å². The molecule has 0 amide bonds. The molecule has 1 N–H and O–H groups in total. The van der Waals surface area contributed by atoms with Gasteiger partial charge in [-0.2, -0.15) is 5.26 Å². The predicted molar refractivity (Wildman–Crippen MR) is 77.6 cm³/mol. The minimum absolute atomic E-state index is 0.347. The average Bonchev–Trinajstić information content (AvgIpc) is 2.40. The van der Waals surface area contributed by atoms with E-state index in [-0.39, 0.29) is 5.82 Å². The van der Waals surface area contributed by atoms with Gasteiger partial charge in [0.05, 0.1) is 17.3 Å². The molecule has 0 atom stereocenters. The van der Waals surface area contributed by atoms with Crippen LogP contribution in [0.25, 0.3) is 0 Å². The van der Waals surface area contributed by atoms with Crippen molar-refractivity contribution in [2.45, 2.75) is 6.54 Å². The second-order valence-corrected chi connectivity index (χ2v) is 5.18. The van der Waals surface area contributed by atoms with Crippen LogP contribution in [0.5, 0.6) is 0 Å². The molecule has 2 rings (SSSR count). The largest absolute Gasteiger partial charge is 0.380 e. The number of nitrogens with zero attached hydrogens (tertiary/aromatic N) is 1. The maximum atomic E-state index is 13.2. The van der Waals surface area contributed by atoms with Crippen LogP contribution in [-0.2, 0) is 6.54 Å². The fourth-order valence-electron chi connectivity index (χ4n) is 1.64. The maximum absolute atomic E-state index is 13.2. The highest BCUT2D eigenvalue weighted by atomic mass is 79.9. The second kappa shape index (κ2) is 6.05. The zero-order chi connectivity index (χ0) is 13.8. The molecule has 0 unspecified atom stereocenters. The minimum atomic E-state index is -0.360. The molecular weight excluding hydrogens is 331 g/mol. The Kier molecular flexibility index (Phi) is 4.41. The SMILES string of the molecule is N#Cc1ccc(F)cc1CNc1cc(Cl)ccc1Br. The van der Waals surface area contributed by atoms with Crippen molar-refractivity contribution in [2.75, 3.05) is 5.32 Å². The van der Waals surface area contributed by atoms with E-state index in [9.17, 15) is 4.39 Å². The number of hydrogen-bond donors (Lipinski definition) is 1. The molecule has 0 saturated heterocycles. The van der Waals surface area contributed by atoms with Gasteiger partial charge in [0.25, 0.3) is 0 Å². The summed E-state index contributed by atoms with van der Waals surface area (Å²) in [4.78, 5) is 0. The molecule has 0 spiro atoms. The molecule has 2 aromatic rings. The molecule has 0 aromatic heterocycles. The normalized spacial score (nSPS) is 10.0. The van der Waals surface area contributed by atoms with Crippen molar-refractivity contribution in [3.63, 3.8) is 0 Å². The van der Waals surface area contributed by atoms with Gasteiger partial charge in [0.2, 0.25) is 0 Å². The Bertz CT molecular complexity index is 652. The zero-order valence-electron chi connectivity index (χ0n) is 9.75. The summed E-state index contributed by atoms with van der Waals surface area (Å²) >= 11 is 9.30. The van der Waals surface area contributed by atoms with Crippen molar-refractivity contribution in [3.05, 3.63) is 62.8 Å². The molecule has 0 aliphatic rings. The molecule has 0 saturated carbocycles. The Morgan fingerprint density at radius 1 is 1.26 bits per heavy atom. The van der Waals surface area contributed by atoms with Gasteiger partial charge in [-0.3, -0.25) is 0 Å². The van der Waals surface area contributed by atoms with E-state index < -0.39 is 0 Å². The van der Waals surface area contributed by atoms with E-state index in [0.717, 1.165) is 10.2 Å². The van der Waals surface area contributed by atoms with Crippen LogP contribution in [-0.4, -0.2) is 0 Å². The first-order valence-corrected chi connectivity index (χ1v) is 6.64. The minimum Gasteiger partial charge on any atom is -0.380 e. The van der Waals surface area contributed by atoms with E-state index in [4.69, 9.17) is 16.9 Å². The third-order valence-electron chi connectivity index (χ3n) is 2.59. The smallest absolute Gasteiger partial charge is 0.123 e. The van der Waals surface area contributed by atoms with E-state index in [1.807, 2.05) is 12.1 Å². The molecule has 0 bridgehead atoms. The molecule has 2 nitrogen and oxygen atoms in total. The van der Waals surface area contributed by atoms with E-state index in [1.54, 1.807) is 12.1 Å². The van der Waals surface area contributed by atoms with Crippen molar-refractivity contribution in [1.82, 2.24) is 0 Å². The Morgan fingerprint density at radius 2 is 2.05 bits per heavy atom. The molecule has 0 fully saturated rings. The van der Waals surface area contributed by atoms with Crippen LogP contribution in [0.3, 0.4) is 0 Å². The Hall–Kier alpha value is -1.57. The Morgan fingerprint density at radius 3 is 2.79 bits per heavy atom. The van der Waals surface area contributed by atoms with E-state index in [2.05, 4.69) is 21.2 Å². The van der Waals surface area contributed by atoms with Crippen molar-refractivity contribution >= 4 is 33.2 Å². The monoisotopic (exact) mass is 338 g/mol. The van der Waals surface area contributed by atoms with E-state index in [1.165, 1.54) is 18.2 Å². The molecule has 2 aromatic carbocycles. The molecule has 0 aliphatic heterocycles. The summed E-state index contributed by atoms with van der Waals surface area (Å²) in [5.41, 5.74) is 1.85. The molecule has 0 aliphatic carbocycles. The van der Waals surface area contributed by atoms with Gasteiger partial charge in [0.1, 0.15) is 5.82 Å². The molecule has 0 radical (unpaired) electrons. The fourth-order valence-corrected chi connectivity index (χ4v) is 2.20. The number of nitrogens with one attached hydrogen (secondary N) is 1. The van der Waals surface area contributed by atoms with Crippen LogP contribution in [0, 0.1) is 17.1 Å². The summed E-state index contributed by atoms with van der Waals surface area (Å²) in [6.45, 7) is 0.347. The lowest BCUT2D eigenvalue weighted by atomic mass is 10.1. The summed E-state index contributed by atoms with van der Waals surface area (Å²) in [6, 6.07) is 11.5. The summed E-state index contributed by atoms with van der Waals surface area (Å²) in [5.74, 6) is -0.360. The quantitative estimate of drug-likeness (QED) is 0.878. The molecule has 19 heavy (non-hydrogen) atoms. The number of halogens is 3. The topological polar surface area (TPSA) is 35.8 Å². The molecule has 0 heterocycles. The summed E-state index contributed by atoms with van der Waals surface area (Å²) in [7, 11) is 0. The van der Waals surface area contributed by atoms with Crippen LogP contribution in [0.4, 0.5) is 10.1 Å². The van der Waals surface area contributed by atoms with Gasteiger partial charge in [0, 0.05) is 16.0 Å². The third-order valence-corrected chi connectivity index (χ3v) is 3.51. The average molecular weight is 340 g/mol. The van der Waals surface area contributed by atoms with Crippen LogP contribution in [0.15, 0.2) is 40.9 Å². The van der Waals surface area contributed by atoms with Crippen molar-refractivity contribution in [3.8, 4) is 6.07 Å². The number of rotatable bonds is 3. The first-order valence-electron chi connectivity index (χ1n) is 5.47. The summed E-state index contributed by atoms with van der Waals surface area (Å²) < 4.78 is 14.0. The highest BCUT2D eigenvalue weighted by Crippen LogP contribution is 2.26. The van der Waals surface area contributed by atoms with Crippen LogP contribution in [0.2, 0.25) is 5.02 Å². The van der Waals surface area contributed by atoms with Gasteiger partial charge in [-0.15, -0.1) is 0 Å².